The number of carbonyl (C=O) groups is 1. The number of para-hydroxylation sites is 2. The van der Waals surface area contributed by atoms with Gasteiger partial charge in [-0.2, -0.15) is 0 Å². The summed E-state index contributed by atoms with van der Waals surface area (Å²) in [7, 11) is 0. The molecule has 46 heavy (non-hydrogen) atoms. The van der Waals surface area contributed by atoms with Gasteiger partial charge in [0.1, 0.15) is 12.0 Å². The van der Waals surface area contributed by atoms with Gasteiger partial charge in [0.25, 0.3) is 5.91 Å². The summed E-state index contributed by atoms with van der Waals surface area (Å²) < 4.78 is 30.7. The van der Waals surface area contributed by atoms with Crippen LogP contribution in [0.3, 0.4) is 0 Å². The van der Waals surface area contributed by atoms with E-state index in [1.165, 1.54) is 12.8 Å². The van der Waals surface area contributed by atoms with Gasteiger partial charge < -0.3 is 4.90 Å². The van der Waals surface area contributed by atoms with Crippen molar-refractivity contribution in [3.8, 4) is 12.3 Å². The van der Waals surface area contributed by atoms with Gasteiger partial charge in [0.15, 0.2) is 6.30 Å². The molecule has 2 atom stereocenters. The van der Waals surface area contributed by atoms with Crippen molar-refractivity contribution >= 4 is 22.5 Å². The SMILES string of the molecule is C#CCC1CC1.C/C=C(/c1cccc(C(C)F)c1)c1ccc(C(=O)N2CCC(c3nc4ccccc4n3C(F)CC)CC2)cc1C. The van der Waals surface area contributed by atoms with Crippen LogP contribution in [0.1, 0.15) is 116 Å². The first kappa shape index (κ1) is 33.1. The van der Waals surface area contributed by atoms with Gasteiger partial charge in [0, 0.05) is 31.0 Å². The molecule has 2 aliphatic rings. The monoisotopic (exact) mass is 621 g/mol. The number of aromatic nitrogens is 2. The van der Waals surface area contributed by atoms with Crippen LogP contribution in [0.2, 0.25) is 0 Å². The zero-order valence-corrected chi connectivity index (χ0v) is 27.5. The number of aryl methyl sites for hydroxylation is 1. The van der Waals surface area contributed by atoms with Crippen LogP contribution in [0.5, 0.6) is 0 Å². The summed E-state index contributed by atoms with van der Waals surface area (Å²) in [6, 6.07) is 21.1. The number of hydrogen-bond acceptors (Lipinski definition) is 2. The number of imidazole rings is 1. The number of rotatable bonds is 8. The van der Waals surface area contributed by atoms with Crippen molar-refractivity contribution in [2.45, 2.75) is 84.6 Å². The molecular formula is C40H45F2N3O. The van der Waals surface area contributed by atoms with E-state index in [1.54, 1.807) is 17.6 Å². The molecule has 0 N–H and O–H groups in total. The summed E-state index contributed by atoms with van der Waals surface area (Å²) in [6.45, 7) is 8.58. The first-order valence-corrected chi connectivity index (χ1v) is 16.6. The molecule has 6 rings (SSSR count). The Morgan fingerprint density at radius 1 is 1.02 bits per heavy atom. The molecule has 1 saturated carbocycles. The molecule has 1 saturated heterocycles. The van der Waals surface area contributed by atoms with Crippen LogP contribution in [-0.2, 0) is 0 Å². The number of fused-ring (bicyclic) bond motifs is 1. The molecule has 1 aromatic heterocycles. The molecule has 3 aromatic carbocycles. The third-order valence-corrected chi connectivity index (χ3v) is 9.20. The number of carbonyl (C=O) groups excluding carboxylic acids is 1. The van der Waals surface area contributed by atoms with Crippen LogP contribution >= 0.6 is 0 Å². The Kier molecular flexibility index (Phi) is 10.7. The molecule has 2 heterocycles. The number of benzene rings is 3. The molecular weight excluding hydrogens is 576 g/mol. The van der Waals surface area contributed by atoms with Gasteiger partial charge in [-0.1, -0.05) is 49.4 Å². The van der Waals surface area contributed by atoms with Crippen molar-refractivity contribution < 1.29 is 13.6 Å². The van der Waals surface area contributed by atoms with E-state index >= 15 is 4.39 Å². The summed E-state index contributed by atoms with van der Waals surface area (Å²) in [5.74, 6) is 4.44. The number of terminal acetylenes is 1. The lowest BCUT2D eigenvalue weighted by molar-refractivity contribution is 0.0708. The van der Waals surface area contributed by atoms with Crippen LogP contribution in [0.25, 0.3) is 16.6 Å². The Bertz CT molecular complexity index is 1730. The smallest absolute Gasteiger partial charge is 0.253 e. The Morgan fingerprint density at radius 2 is 1.76 bits per heavy atom. The third-order valence-electron chi connectivity index (χ3n) is 9.20. The molecule has 4 aromatic rings. The molecule has 1 aliphatic carbocycles. The minimum absolute atomic E-state index is 0.00816. The Morgan fingerprint density at radius 3 is 2.37 bits per heavy atom. The molecule has 2 unspecified atom stereocenters. The van der Waals surface area contributed by atoms with E-state index in [1.807, 2.05) is 92.4 Å². The topological polar surface area (TPSA) is 38.1 Å². The van der Waals surface area contributed by atoms with Gasteiger partial charge in [0.05, 0.1) is 11.0 Å². The number of nitrogens with zero attached hydrogens (tertiary/aromatic N) is 3. The minimum Gasteiger partial charge on any atom is -0.339 e. The van der Waals surface area contributed by atoms with Crippen LogP contribution in [0.15, 0.2) is 72.8 Å². The van der Waals surface area contributed by atoms with E-state index in [0.29, 0.717) is 30.6 Å². The maximum atomic E-state index is 15.0. The average molecular weight is 622 g/mol. The molecule has 1 amide bonds. The Balaban J connectivity index is 0.000000624. The number of halogens is 2. The molecule has 4 nitrogen and oxygen atoms in total. The standard InChI is InChI=1S/C34H37F2N3O.C6H8/c1-5-28(26-11-9-10-25(21-26)23(4)35)29-15-14-27(20-22(29)3)34(40)38-18-16-24(17-19-38)33-37-30-12-7-8-13-31(30)39(33)32(36)6-2;1-2-3-6-4-5-6/h5,7-15,20-21,23-24,32H,6,16-19H2,1-4H3;1,6H,3-5H2/b28-5-;. The quantitative estimate of drug-likeness (QED) is 0.184. The normalized spacial score (nSPS) is 16.8. The second-order valence-electron chi connectivity index (χ2n) is 12.6. The fourth-order valence-corrected chi connectivity index (χ4v) is 6.37. The fourth-order valence-electron chi connectivity index (χ4n) is 6.37. The molecule has 0 radical (unpaired) electrons. The van der Waals surface area contributed by atoms with Crippen LogP contribution in [-0.4, -0.2) is 33.4 Å². The largest absolute Gasteiger partial charge is 0.339 e. The van der Waals surface area contributed by atoms with Gasteiger partial charge in [-0.15, -0.1) is 12.3 Å². The lowest BCUT2D eigenvalue weighted by atomic mass is 9.91. The summed E-state index contributed by atoms with van der Waals surface area (Å²) >= 11 is 0. The molecule has 2 fully saturated rings. The van der Waals surface area contributed by atoms with Gasteiger partial charge in [0.2, 0.25) is 0 Å². The van der Waals surface area contributed by atoms with E-state index in [4.69, 9.17) is 11.4 Å². The number of piperidine rings is 1. The highest BCUT2D eigenvalue weighted by atomic mass is 19.1. The van der Waals surface area contributed by atoms with E-state index in [2.05, 4.69) is 5.92 Å². The number of alkyl halides is 2. The van der Waals surface area contributed by atoms with Crippen molar-refractivity contribution in [2.24, 2.45) is 5.92 Å². The van der Waals surface area contributed by atoms with Crippen LogP contribution in [0, 0.1) is 25.2 Å². The summed E-state index contributed by atoms with van der Waals surface area (Å²) in [5, 5.41) is 0. The van der Waals surface area contributed by atoms with Crippen molar-refractivity contribution in [2.75, 3.05) is 13.1 Å². The van der Waals surface area contributed by atoms with Crippen molar-refractivity contribution in [3.63, 3.8) is 0 Å². The van der Waals surface area contributed by atoms with Gasteiger partial charge in [-0.05, 0) is 117 Å². The van der Waals surface area contributed by atoms with Crippen LogP contribution < -0.4 is 0 Å². The lowest BCUT2D eigenvalue weighted by Crippen LogP contribution is -2.38. The maximum Gasteiger partial charge on any atom is 0.253 e. The fraction of sp³-hybridized carbons (Fsp3) is 0.400. The van der Waals surface area contributed by atoms with E-state index in [-0.39, 0.29) is 11.8 Å². The molecule has 6 heteroatoms. The number of hydrogen-bond donors (Lipinski definition) is 0. The number of allylic oxidation sites excluding steroid dienone is 1. The van der Waals surface area contributed by atoms with E-state index < -0.39 is 12.5 Å². The molecule has 1 aliphatic heterocycles. The Labute approximate surface area is 272 Å². The van der Waals surface area contributed by atoms with Crippen molar-refractivity contribution in [1.82, 2.24) is 14.5 Å². The lowest BCUT2D eigenvalue weighted by Gasteiger charge is -2.32. The highest BCUT2D eigenvalue weighted by Crippen LogP contribution is 2.35. The highest BCUT2D eigenvalue weighted by Gasteiger charge is 2.30. The second-order valence-corrected chi connectivity index (χ2v) is 12.6. The van der Waals surface area contributed by atoms with Gasteiger partial charge >= 0.3 is 0 Å². The second kappa shape index (κ2) is 14.9. The summed E-state index contributed by atoms with van der Waals surface area (Å²) in [6.07, 6.45) is 10.5. The van der Waals surface area contributed by atoms with Crippen molar-refractivity contribution in [3.05, 3.63) is 106 Å². The zero-order valence-electron chi connectivity index (χ0n) is 27.5. The minimum atomic E-state index is -1.12. The first-order chi connectivity index (χ1) is 22.2. The van der Waals surface area contributed by atoms with Gasteiger partial charge in [-0.25, -0.2) is 13.8 Å². The number of amides is 1. The average Bonchev–Trinajstić information content (AvgIpc) is 3.82. The van der Waals surface area contributed by atoms with Crippen LogP contribution in [0.4, 0.5) is 8.78 Å². The predicted octanol–water partition coefficient (Wildman–Crippen LogP) is 10.1. The molecule has 0 spiro atoms. The zero-order chi connectivity index (χ0) is 32.8. The highest BCUT2D eigenvalue weighted by molar-refractivity contribution is 5.95. The summed E-state index contributed by atoms with van der Waals surface area (Å²) in [4.78, 5) is 20.2. The number of likely N-dealkylation sites (tertiary alicyclic amines) is 1. The first-order valence-electron chi connectivity index (χ1n) is 16.6. The summed E-state index contributed by atoms with van der Waals surface area (Å²) in [5.41, 5.74) is 6.94. The molecule has 0 bridgehead atoms. The van der Waals surface area contributed by atoms with E-state index in [0.717, 1.165) is 64.3 Å². The van der Waals surface area contributed by atoms with Gasteiger partial charge in [-0.3, -0.25) is 9.36 Å². The predicted molar refractivity (Wildman–Crippen MR) is 184 cm³/mol. The van der Waals surface area contributed by atoms with E-state index in [9.17, 15) is 9.18 Å². The maximum absolute atomic E-state index is 15.0. The Hall–Kier alpha value is -4.24. The third kappa shape index (κ3) is 7.41. The van der Waals surface area contributed by atoms with Crippen molar-refractivity contribution in [1.29, 1.82) is 0 Å². The molecule has 240 valence electrons.